The van der Waals surface area contributed by atoms with E-state index in [9.17, 15) is 4.79 Å². The maximum absolute atomic E-state index is 10.4. The molecule has 0 amide bonds. The van der Waals surface area contributed by atoms with Gasteiger partial charge in [0.1, 0.15) is 0 Å². The summed E-state index contributed by atoms with van der Waals surface area (Å²) < 4.78 is 0. The van der Waals surface area contributed by atoms with Gasteiger partial charge >= 0.3 is 5.97 Å². The SMILES string of the molecule is CCc1ccc(CC(N)CCC(=O)O)cc1. The second-order valence-electron chi connectivity index (χ2n) is 4.07. The number of aliphatic carboxylic acids is 1. The third-order valence-corrected chi connectivity index (χ3v) is 2.66. The van der Waals surface area contributed by atoms with Gasteiger partial charge in [-0.2, -0.15) is 0 Å². The average Bonchev–Trinajstić information content (AvgIpc) is 2.27. The van der Waals surface area contributed by atoms with E-state index in [1.807, 2.05) is 0 Å². The largest absolute Gasteiger partial charge is 0.481 e. The molecule has 0 radical (unpaired) electrons. The number of rotatable bonds is 6. The fourth-order valence-corrected chi connectivity index (χ4v) is 1.62. The summed E-state index contributed by atoms with van der Waals surface area (Å²) in [6, 6.07) is 8.26. The summed E-state index contributed by atoms with van der Waals surface area (Å²) in [6.45, 7) is 2.12. The van der Waals surface area contributed by atoms with Gasteiger partial charge < -0.3 is 10.8 Å². The van der Waals surface area contributed by atoms with Gasteiger partial charge in [0.25, 0.3) is 0 Å². The van der Waals surface area contributed by atoms with E-state index in [-0.39, 0.29) is 12.5 Å². The summed E-state index contributed by atoms with van der Waals surface area (Å²) in [4.78, 5) is 10.4. The van der Waals surface area contributed by atoms with Crippen molar-refractivity contribution in [3.8, 4) is 0 Å². The van der Waals surface area contributed by atoms with Crippen LogP contribution in [-0.4, -0.2) is 17.1 Å². The van der Waals surface area contributed by atoms with Gasteiger partial charge in [-0.1, -0.05) is 31.2 Å². The first-order valence-corrected chi connectivity index (χ1v) is 5.67. The molecule has 1 unspecified atom stereocenters. The molecule has 0 aliphatic rings. The highest BCUT2D eigenvalue weighted by Gasteiger charge is 2.06. The lowest BCUT2D eigenvalue weighted by molar-refractivity contribution is -0.137. The van der Waals surface area contributed by atoms with Crippen LogP contribution < -0.4 is 5.73 Å². The Morgan fingerprint density at radius 3 is 2.38 bits per heavy atom. The van der Waals surface area contributed by atoms with Crippen molar-refractivity contribution in [1.82, 2.24) is 0 Å². The predicted molar refractivity (Wildman–Crippen MR) is 64.4 cm³/mol. The third kappa shape index (κ3) is 4.45. The fraction of sp³-hybridized carbons (Fsp3) is 0.462. The molecule has 0 fully saturated rings. The molecule has 0 aliphatic heterocycles. The summed E-state index contributed by atoms with van der Waals surface area (Å²) in [5.74, 6) is -0.781. The molecule has 3 heteroatoms. The Bertz CT molecular complexity index is 332. The molecule has 3 nitrogen and oxygen atoms in total. The topological polar surface area (TPSA) is 63.3 Å². The van der Waals surface area contributed by atoms with Crippen LogP contribution in [0, 0.1) is 0 Å². The molecular formula is C13H19NO2. The molecular weight excluding hydrogens is 202 g/mol. The van der Waals surface area contributed by atoms with Crippen LogP contribution in [0.1, 0.15) is 30.9 Å². The van der Waals surface area contributed by atoms with Gasteiger partial charge in [0.2, 0.25) is 0 Å². The van der Waals surface area contributed by atoms with Crippen LogP contribution in [0.25, 0.3) is 0 Å². The minimum absolute atomic E-state index is 0.0661. The van der Waals surface area contributed by atoms with Gasteiger partial charge in [-0.25, -0.2) is 0 Å². The predicted octanol–water partition coefficient (Wildman–Crippen LogP) is 1.98. The number of hydrogen-bond donors (Lipinski definition) is 2. The molecule has 16 heavy (non-hydrogen) atoms. The first-order valence-electron chi connectivity index (χ1n) is 5.67. The zero-order chi connectivity index (χ0) is 12.0. The van der Waals surface area contributed by atoms with Crippen LogP contribution in [0.2, 0.25) is 0 Å². The second kappa shape index (κ2) is 6.28. The zero-order valence-corrected chi connectivity index (χ0v) is 9.65. The highest BCUT2D eigenvalue weighted by molar-refractivity contribution is 5.66. The van der Waals surface area contributed by atoms with E-state index < -0.39 is 5.97 Å². The van der Waals surface area contributed by atoms with Crippen LogP contribution in [0.5, 0.6) is 0 Å². The summed E-state index contributed by atoms with van der Waals surface area (Å²) in [5.41, 5.74) is 8.35. The molecule has 0 saturated heterocycles. The van der Waals surface area contributed by atoms with E-state index in [4.69, 9.17) is 10.8 Å². The van der Waals surface area contributed by atoms with Gasteiger partial charge in [-0.05, 0) is 30.4 Å². The quantitative estimate of drug-likeness (QED) is 0.772. The summed E-state index contributed by atoms with van der Waals surface area (Å²) >= 11 is 0. The van der Waals surface area contributed by atoms with Crippen LogP contribution in [0.15, 0.2) is 24.3 Å². The molecule has 0 aliphatic carbocycles. The molecule has 0 spiro atoms. The summed E-state index contributed by atoms with van der Waals surface area (Å²) in [7, 11) is 0. The minimum atomic E-state index is -0.781. The van der Waals surface area contributed by atoms with Gasteiger partial charge in [0, 0.05) is 12.5 Å². The lowest BCUT2D eigenvalue weighted by atomic mass is 10.0. The second-order valence-corrected chi connectivity index (χ2v) is 4.07. The number of aryl methyl sites for hydroxylation is 1. The van der Waals surface area contributed by atoms with Gasteiger partial charge in [0.05, 0.1) is 0 Å². The van der Waals surface area contributed by atoms with Crippen LogP contribution >= 0.6 is 0 Å². The molecule has 1 aromatic carbocycles. The van der Waals surface area contributed by atoms with Crippen molar-refractivity contribution >= 4 is 5.97 Å². The number of carbonyl (C=O) groups is 1. The van der Waals surface area contributed by atoms with Crippen molar-refractivity contribution in [3.63, 3.8) is 0 Å². The van der Waals surface area contributed by atoms with E-state index in [0.29, 0.717) is 6.42 Å². The normalized spacial score (nSPS) is 12.4. The molecule has 88 valence electrons. The average molecular weight is 221 g/mol. The maximum atomic E-state index is 10.4. The molecule has 0 saturated carbocycles. The first-order chi connectivity index (χ1) is 7.61. The van der Waals surface area contributed by atoms with Crippen molar-refractivity contribution in [3.05, 3.63) is 35.4 Å². The maximum Gasteiger partial charge on any atom is 0.303 e. The Morgan fingerprint density at radius 1 is 1.31 bits per heavy atom. The van der Waals surface area contributed by atoms with Crippen molar-refractivity contribution < 1.29 is 9.90 Å². The number of carboxylic acids is 1. The lowest BCUT2D eigenvalue weighted by Crippen LogP contribution is -2.23. The summed E-state index contributed by atoms with van der Waals surface area (Å²) in [6.07, 6.45) is 2.46. The highest BCUT2D eigenvalue weighted by atomic mass is 16.4. The molecule has 1 rings (SSSR count). The van der Waals surface area contributed by atoms with E-state index in [1.54, 1.807) is 0 Å². The van der Waals surface area contributed by atoms with Crippen LogP contribution in [0.3, 0.4) is 0 Å². The highest BCUT2D eigenvalue weighted by Crippen LogP contribution is 2.09. The Kier molecular flexibility index (Phi) is 4.99. The monoisotopic (exact) mass is 221 g/mol. The van der Waals surface area contributed by atoms with Crippen molar-refractivity contribution in [1.29, 1.82) is 0 Å². The number of benzene rings is 1. The number of nitrogens with two attached hydrogens (primary N) is 1. The van der Waals surface area contributed by atoms with E-state index in [0.717, 1.165) is 12.8 Å². The molecule has 0 heterocycles. The van der Waals surface area contributed by atoms with Crippen molar-refractivity contribution in [2.45, 2.75) is 38.6 Å². The van der Waals surface area contributed by atoms with Crippen LogP contribution in [0.4, 0.5) is 0 Å². The van der Waals surface area contributed by atoms with Crippen molar-refractivity contribution in [2.75, 3.05) is 0 Å². The molecule has 3 N–H and O–H groups in total. The third-order valence-electron chi connectivity index (χ3n) is 2.66. The molecule has 1 atom stereocenters. The molecule has 1 aromatic rings. The van der Waals surface area contributed by atoms with Gasteiger partial charge in [-0.15, -0.1) is 0 Å². The van der Waals surface area contributed by atoms with Gasteiger partial charge in [0.15, 0.2) is 0 Å². The van der Waals surface area contributed by atoms with E-state index >= 15 is 0 Å². The van der Waals surface area contributed by atoms with E-state index in [1.165, 1.54) is 11.1 Å². The standard InChI is InChI=1S/C13H19NO2/c1-2-10-3-5-11(6-4-10)9-12(14)7-8-13(15)16/h3-6,12H,2,7-9,14H2,1H3,(H,15,16). The fourth-order valence-electron chi connectivity index (χ4n) is 1.62. The Hall–Kier alpha value is -1.35. The Balaban J connectivity index is 2.43. The number of carboxylic acid groups (broad SMARTS) is 1. The lowest BCUT2D eigenvalue weighted by Gasteiger charge is -2.10. The molecule has 0 bridgehead atoms. The van der Waals surface area contributed by atoms with Gasteiger partial charge in [-0.3, -0.25) is 4.79 Å². The first kappa shape index (κ1) is 12.7. The van der Waals surface area contributed by atoms with E-state index in [2.05, 4.69) is 31.2 Å². The Morgan fingerprint density at radius 2 is 1.88 bits per heavy atom. The number of hydrogen-bond acceptors (Lipinski definition) is 2. The zero-order valence-electron chi connectivity index (χ0n) is 9.65. The van der Waals surface area contributed by atoms with Crippen molar-refractivity contribution in [2.24, 2.45) is 5.73 Å². The summed E-state index contributed by atoms with van der Waals surface area (Å²) in [5, 5.41) is 8.54. The van der Waals surface area contributed by atoms with Crippen LogP contribution in [-0.2, 0) is 17.6 Å². The smallest absolute Gasteiger partial charge is 0.303 e. The Labute approximate surface area is 96.3 Å². The molecule has 0 aromatic heterocycles. The minimum Gasteiger partial charge on any atom is -0.481 e.